The van der Waals surface area contributed by atoms with Gasteiger partial charge in [-0.1, -0.05) is 0 Å². The van der Waals surface area contributed by atoms with Crippen LogP contribution >= 0.6 is 0 Å². The summed E-state index contributed by atoms with van der Waals surface area (Å²) in [4.78, 5) is 24.4. The second-order valence-corrected chi connectivity index (χ2v) is 5.79. The van der Waals surface area contributed by atoms with Crippen LogP contribution in [0, 0.1) is 5.92 Å². The molecular formula is C16H24N4O2. The fraction of sp³-hybridized carbons (Fsp3) is 0.562. The van der Waals surface area contributed by atoms with Crippen LogP contribution < -0.4 is 4.90 Å². The molecule has 1 aromatic rings. The number of ether oxygens (including phenoxy) is 1. The monoisotopic (exact) mass is 304 g/mol. The highest BCUT2D eigenvalue weighted by Gasteiger charge is 2.22. The number of carbonyl (C=O) groups is 1. The van der Waals surface area contributed by atoms with Crippen molar-refractivity contribution in [1.82, 2.24) is 14.9 Å². The van der Waals surface area contributed by atoms with Crippen molar-refractivity contribution < 1.29 is 9.53 Å². The number of rotatable bonds is 5. The number of nitrogens with zero attached hydrogens (tertiary/aromatic N) is 4. The highest BCUT2D eigenvalue weighted by Crippen LogP contribution is 2.17. The first kappa shape index (κ1) is 16.4. The summed E-state index contributed by atoms with van der Waals surface area (Å²) in [5.74, 6) is 1.14. The molecule has 2 rings (SSSR count). The molecule has 0 N–H and O–H groups in total. The van der Waals surface area contributed by atoms with E-state index < -0.39 is 0 Å². The fourth-order valence-corrected chi connectivity index (χ4v) is 2.56. The molecule has 6 nitrogen and oxygen atoms in total. The Hall–Kier alpha value is -1.95. The lowest BCUT2D eigenvalue weighted by molar-refractivity contribution is -0.128. The molecule has 1 unspecified atom stereocenters. The molecule has 1 fully saturated rings. The standard InChI is InChI=1S/C16H24N4O2/c1-19(2)16-17-9-13(10-18-16)6-7-15(21)20-8-4-5-14(11-20)12-22-3/h6-7,9-10,14H,4-5,8,11-12H2,1-3H3. The maximum atomic E-state index is 12.2. The summed E-state index contributed by atoms with van der Waals surface area (Å²) in [6.07, 6.45) is 8.96. The number of piperidine rings is 1. The van der Waals surface area contributed by atoms with Crippen LogP contribution in [0.3, 0.4) is 0 Å². The second-order valence-electron chi connectivity index (χ2n) is 5.79. The van der Waals surface area contributed by atoms with E-state index in [-0.39, 0.29) is 5.91 Å². The van der Waals surface area contributed by atoms with Crippen LogP contribution in [0.4, 0.5) is 5.95 Å². The van der Waals surface area contributed by atoms with Crippen LogP contribution in [-0.4, -0.2) is 61.7 Å². The van der Waals surface area contributed by atoms with Gasteiger partial charge in [-0.2, -0.15) is 0 Å². The lowest BCUT2D eigenvalue weighted by Crippen LogP contribution is -2.40. The SMILES string of the molecule is COCC1CCCN(C(=O)C=Cc2cnc(N(C)C)nc2)C1. The normalized spacial score (nSPS) is 18.7. The Morgan fingerprint density at radius 2 is 2.18 bits per heavy atom. The quantitative estimate of drug-likeness (QED) is 0.771. The van der Waals surface area contributed by atoms with Gasteiger partial charge in [0.2, 0.25) is 11.9 Å². The van der Waals surface area contributed by atoms with E-state index >= 15 is 0 Å². The molecule has 1 atom stereocenters. The highest BCUT2D eigenvalue weighted by atomic mass is 16.5. The minimum Gasteiger partial charge on any atom is -0.384 e. The summed E-state index contributed by atoms with van der Waals surface area (Å²) in [5.41, 5.74) is 0.824. The van der Waals surface area contributed by atoms with E-state index in [0.717, 1.165) is 31.5 Å². The number of aromatic nitrogens is 2. The van der Waals surface area contributed by atoms with Crippen molar-refractivity contribution in [3.63, 3.8) is 0 Å². The smallest absolute Gasteiger partial charge is 0.246 e. The van der Waals surface area contributed by atoms with Gasteiger partial charge in [0, 0.05) is 58.3 Å². The molecule has 120 valence electrons. The zero-order valence-electron chi connectivity index (χ0n) is 13.5. The first-order valence-corrected chi connectivity index (χ1v) is 7.55. The van der Waals surface area contributed by atoms with Gasteiger partial charge in [-0.3, -0.25) is 4.79 Å². The summed E-state index contributed by atoms with van der Waals surface area (Å²) >= 11 is 0. The fourth-order valence-electron chi connectivity index (χ4n) is 2.56. The summed E-state index contributed by atoms with van der Waals surface area (Å²) in [6.45, 7) is 2.31. The largest absolute Gasteiger partial charge is 0.384 e. The minimum absolute atomic E-state index is 0.0393. The van der Waals surface area contributed by atoms with Gasteiger partial charge in [0.05, 0.1) is 6.61 Å². The van der Waals surface area contributed by atoms with Crippen LogP contribution in [-0.2, 0) is 9.53 Å². The topological polar surface area (TPSA) is 58.6 Å². The molecule has 0 bridgehead atoms. The van der Waals surface area contributed by atoms with E-state index in [0.29, 0.717) is 18.5 Å². The van der Waals surface area contributed by atoms with Crippen LogP contribution in [0.5, 0.6) is 0 Å². The Kier molecular flexibility index (Phi) is 5.89. The van der Waals surface area contributed by atoms with Crippen molar-refractivity contribution in [1.29, 1.82) is 0 Å². The number of anilines is 1. The maximum absolute atomic E-state index is 12.2. The predicted octanol–water partition coefficient (Wildman–Crippen LogP) is 1.44. The van der Waals surface area contributed by atoms with Gasteiger partial charge in [-0.25, -0.2) is 9.97 Å². The van der Waals surface area contributed by atoms with Gasteiger partial charge in [0.1, 0.15) is 0 Å². The Morgan fingerprint density at radius 1 is 1.45 bits per heavy atom. The summed E-state index contributed by atoms with van der Waals surface area (Å²) in [7, 11) is 5.49. The zero-order valence-corrected chi connectivity index (χ0v) is 13.5. The third-order valence-corrected chi connectivity index (χ3v) is 3.71. The first-order valence-electron chi connectivity index (χ1n) is 7.55. The average Bonchev–Trinajstić information content (AvgIpc) is 2.53. The molecule has 1 saturated heterocycles. The second kappa shape index (κ2) is 7.89. The van der Waals surface area contributed by atoms with Crippen molar-refractivity contribution in [3.05, 3.63) is 24.0 Å². The molecule has 0 aliphatic carbocycles. The number of hydrogen-bond acceptors (Lipinski definition) is 5. The third-order valence-electron chi connectivity index (χ3n) is 3.71. The number of likely N-dealkylation sites (tertiary alicyclic amines) is 1. The molecule has 22 heavy (non-hydrogen) atoms. The van der Waals surface area contributed by atoms with Crippen molar-refractivity contribution in [2.75, 3.05) is 45.8 Å². The van der Waals surface area contributed by atoms with Crippen LogP contribution in [0.1, 0.15) is 18.4 Å². The Labute approximate surface area is 131 Å². The first-order chi connectivity index (χ1) is 10.6. The van der Waals surface area contributed by atoms with Gasteiger partial charge in [0.15, 0.2) is 0 Å². The number of hydrogen-bond donors (Lipinski definition) is 0. The van der Waals surface area contributed by atoms with Crippen LogP contribution in [0.25, 0.3) is 6.08 Å². The highest BCUT2D eigenvalue weighted by molar-refractivity contribution is 5.91. The van der Waals surface area contributed by atoms with Gasteiger partial charge in [0.25, 0.3) is 0 Å². The third kappa shape index (κ3) is 4.53. The molecule has 0 aromatic carbocycles. The predicted molar refractivity (Wildman–Crippen MR) is 86.6 cm³/mol. The van der Waals surface area contributed by atoms with Gasteiger partial charge >= 0.3 is 0 Å². The van der Waals surface area contributed by atoms with Crippen molar-refractivity contribution in [2.45, 2.75) is 12.8 Å². The molecule has 0 saturated carbocycles. The molecule has 1 aliphatic heterocycles. The molecule has 0 spiro atoms. The molecule has 0 radical (unpaired) electrons. The maximum Gasteiger partial charge on any atom is 0.246 e. The van der Waals surface area contributed by atoms with E-state index in [2.05, 4.69) is 9.97 Å². The lowest BCUT2D eigenvalue weighted by Gasteiger charge is -2.31. The van der Waals surface area contributed by atoms with Crippen molar-refractivity contribution >= 4 is 17.9 Å². The van der Waals surface area contributed by atoms with Gasteiger partial charge in [-0.15, -0.1) is 0 Å². The summed E-state index contributed by atoms with van der Waals surface area (Å²) in [5, 5.41) is 0. The molecule has 6 heteroatoms. The zero-order chi connectivity index (χ0) is 15.9. The van der Waals surface area contributed by atoms with Crippen LogP contribution in [0.2, 0.25) is 0 Å². The van der Waals surface area contributed by atoms with E-state index in [4.69, 9.17) is 4.74 Å². The Morgan fingerprint density at radius 3 is 2.82 bits per heavy atom. The lowest BCUT2D eigenvalue weighted by atomic mass is 9.99. The van der Waals surface area contributed by atoms with E-state index in [9.17, 15) is 4.79 Å². The summed E-state index contributed by atoms with van der Waals surface area (Å²) in [6, 6.07) is 0. The minimum atomic E-state index is 0.0393. The van der Waals surface area contributed by atoms with Gasteiger partial charge in [-0.05, 0) is 24.8 Å². The van der Waals surface area contributed by atoms with Gasteiger partial charge < -0.3 is 14.5 Å². The van der Waals surface area contributed by atoms with Crippen molar-refractivity contribution in [3.8, 4) is 0 Å². The number of methoxy groups -OCH3 is 1. The average molecular weight is 304 g/mol. The molecule has 1 amide bonds. The number of carbonyl (C=O) groups excluding carboxylic acids is 1. The van der Waals surface area contributed by atoms with E-state index in [1.54, 1.807) is 31.7 Å². The van der Waals surface area contributed by atoms with Crippen LogP contribution in [0.15, 0.2) is 18.5 Å². The molecule has 2 heterocycles. The molecule has 1 aromatic heterocycles. The van der Waals surface area contributed by atoms with E-state index in [1.807, 2.05) is 23.9 Å². The Balaban J connectivity index is 1.92. The molecule has 1 aliphatic rings. The Bertz CT molecular complexity index is 511. The summed E-state index contributed by atoms with van der Waals surface area (Å²) < 4.78 is 5.19. The number of amides is 1. The van der Waals surface area contributed by atoms with E-state index in [1.165, 1.54) is 0 Å². The molecular weight excluding hydrogens is 280 g/mol. The van der Waals surface area contributed by atoms with Crippen molar-refractivity contribution in [2.24, 2.45) is 5.92 Å².